The fraction of sp³-hybridized carbons (Fsp3) is 0.467. The van der Waals surface area contributed by atoms with Gasteiger partial charge in [0, 0.05) is 24.9 Å². The van der Waals surface area contributed by atoms with Crippen LogP contribution in [-0.2, 0) is 24.3 Å². The average molecular weight is 677 g/mol. The number of rotatable bonds is 13. The fourth-order valence-corrected chi connectivity index (χ4v) is 9.90. The van der Waals surface area contributed by atoms with Gasteiger partial charge in [-0.3, -0.25) is 9.20 Å². The molecule has 45 heavy (non-hydrogen) atoms. The van der Waals surface area contributed by atoms with Gasteiger partial charge in [0.25, 0.3) is 0 Å². The number of carbonyl (C=O) groups is 3. The van der Waals surface area contributed by atoms with Crippen molar-refractivity contribution in [2.75, 3.05) is 26.0 Å². The Balaban J connectivity index is 1.48. The molecule has 0 bridgehead atoms. The summed E-state index contributed by atoms with van der Waals surface area (Å²) in [6, 6.07) is 4.75. The van der Waals surface area contributed by atoms with Crippen LogP contribution in [0, 0.1) is 11.3 Å². The van der Waals surface area contributed by atoms with Gasteiger partial charge in [0.2, 0.25) is 15.9 Å². The van der Waals surface area contributed by atoms with Gasteiger partial charge in [0.1, 0.15) is 28.5 Å². The average Bonchev–Trinajstić information content (AvgIpc) is 3.64. The van der Waals surface area contributed by atoms with E-state index in [4.69, 9.17) is 4.74 Å². The van der Waals surface area contributed by atoms with Crippen molar-refractivity contribution in [2.24, 2.45) is 11.3 Å². The van der Waals surface area contributed by atoms with Crippen LogP contribution in [0.2, 0.25) is 0 Å². The molecule has 242 valence electrons. The third-order valence-corrected chi connectivity index (χ3v) is 12.2. The number of imidazole rings is 1. The Bertz CT molecular complexity index is 1770. The van der Waals surface area contributed by atoms with Crippen molar-refractivity contribution < 1.29 is 37.8 Å². The standard InChI is InChI=1S/C30H36N4O8S3/c1-6-12-33(13-7-2)45(40,41)19-10-8-18(9-11-19)29(39)42-15-30(4)22(20-14-32-16-31-25(43-5)27(32)44-20)23(28(37)38)34-24(30)21(17(3)35)26(34)36/h8-11,14,16-17,21,24,35H,6-7,12-13,15H2,1-5H3,(H,37,38)/t17-,21-,24-,30+/m1/s1. The number of benzene rings is 1. The normalized spacial score (nSPS) is 22.2. The number of carbonyl (C=O) groups excluding carboxylic acids is 2. The predicted molar refractivity (Wildman–Crippen MR) is 169 cm³/mol. The van der Waals surface area contributed by atoms with Crippen LogP contribution in [0.5, 0.6) is 0 Å². The monoisotopic (exact) mass is 676 g/mol. The summed E-state index contributed by atoms with van der Waals surface area (Å²) in [5.41, 5.74) is -0.953. The molecule has 0 radical (unpaired) electrons. The Hall–Kier alpha value is -3.24. The van der Waals surface area contributed by atoms with Gasteiger partial charge in [-0.15, -0.1) is 23.1 Å². The van der Waals surface area contributed by atoms with Crippen molar-refractivity contribution >= 4 is 61.4 Å². The highest BCUT2D eigenvalue weighted by molar-refractivity contribution is 7.98. The lowest BCUT2D eigenvalue weighted by molar-refractivity contribution is -0.167. The lowest BCUT2D eigenvalue weighted by Gasteiger charge is -2.50. The molecule has 0 spiro atoms. The number of hydrogen-bond donors (Lipinski definition) is 2. The zero-order chi connectivity index (χ0) is 32.8. The number of β-lactam (4-membered cyclic amide) rings is 1. The van der Waals surface area contributed by atoms with E-state index >= 15 is 0 Å². The minimum atomic E-state index is -3.74. The third kappa shape index (κ3) is 5.47. The zero-order valence-electron chi connectivity index (χ0n) is 25.6. The molecular formula is C30H36N4O8S3. The van der Waals surface area contributed by atoms with E-state index < -0.39 is 51.3 Å². The second-order valence-electron chi connectivity index (χ2n) is 11.4. The number of aliphatic hydroxyl groups excluding tert-OH is 1. The first-order valence-electron chi connectivity index (χ1n) is 14.6. The third-order valence-electron chi connectivity index (χ3n) is 8.36. The molecule has 1 aromatic carbocycles. The van der Waals surface area contributed by atoms with E-state index in [-0.39, 0.29) is 22.8 Å². The van der Waals surface area contributed by atoms with Crippen LogP contribution in [0.1, 0.15) is 55.8 Å². The van der Waals surface area contributed by atoms with E-state index in [0.29, 0.717) is 36.4 Å². The SMILES string of the molecule is CCCN(CCC)S(=O)(=O)c1ccc(C(=O)OC[C@@]2(C)C(c3cn4cnc(SC)c4s3)=C(C(=O)O)N3C(=O)[C@H]([C@@H](C)O)[C@@H]32)cc1. The number of carboxylic acids is 1. The number of nitrogens with zero attached hydrogens (tertiary/aromatic N) is 4. The molecule has 4 heterocycles. The molecule has 1 fully saturated rings. The number of ether oxygens (including phenoxy) is 1. The Morgan fingerprint density at radius 3 is 2.40 bits per heavy atom. The van der Waals surface area contributed by atoms with Crippen molar-refractivity contribution in [3.63, 3.8) is 0 Å². The maximum Gasteiger partial charge on any atom is 0.352 e. The number of aromatic nitrogens is 2. The molecule has 2 aromatic heterocycles. The molecule has 12 nitrogen and oxygen atoms in total. The molecule has 1 amide bonds. The second kappa shape index (κ2) is 12.5. The van der Waals surface area contributed by atoms with Gasteiger partial charge >= 0.3 is 11.9 Å². The molecule has 15 heteroatoms. The number of aliphatic hydroxyl groups is 1. The minimum absolute atomic E-state index is 0.0663. The molecule has 2 aliphatic heterocycles. The first-order valence-corrected chi connectivity index (χ1v) is 18.1. The molecule has 0 unspecified atom stereocenters. The number of thiazole rings is 1. The molecule has 0 saturated carbocycles. The summed E-state index contributed by atoms with van der Waals surface area (Å²) in [5, 5.41) is 21.6. The predicted octanol–water partition coefficient (Wildman–Crippen LogP) is 3.81. The molecule has 0 aliphatic carbocycles. The van der Waals surface area contributed by atoms with Crippen molar-refractivity contribution in [1.82, 2.24) is 18.6 Å². The van der Waals surface area contributed by atoms with Crippen molar-refractivity contribution in [1.29, 1.82) is 0 Å². The second-order valence-corrected chi connectivity index (χ2v) is 15.2. The highest BCUT2D eigenvalue weighted by Gasteiger charge is 2.67. The lowest BCUT2D eigenvalue weighted by atomic mass is 9.67. The highest BCUT2D eigenvalue weighted by Crippen LogP contribution is 2.58. The van der Waals surface area contributed by atoms with E-state index in [1.54, 1.807) is 23.8 Å². The van der Waals surface area contributed by atoms with Gasteiger partial charge in [0.15, 0.2) is 0 Å². The number of sulfonamides is 1. The van der Waals surface area contributed by atoms with Crippen LogP contribution in [-0.4, -0.2) is 93.2 Å². The first-order chi connectivity index (χ1) is 21.3. The lowest BCUT2D eigenvalue weighted by Crippen LogP contribution is -2.66. The Kier molecular flexibility index (Phi) is 9.21. The zero-order valence-corrected chi connectivity index (χ0v) is 28.0. The van der Waals surface area contributed by atoms with E-state index in [1.165, 1.54) is 63.5 Å². The van der Waals surface area contributed by atoms with Gasteiger partial charge in [-0.05, 0) is 50.3 Å². The van der Waals surface area contributed by atoms with Gasteiger partial charge in [-0.25, -0.2) is 23.0 Å². The summed E-state index contributed by atoms with van der Waals surface area (Å²) in [6.45, 7) is 7.50. The van der Waals surface area contributed by atoms with Gasteiger partial charge in [0.05, 0.1) is 38.8 Å². The molecule has 3 aromatic rings. The molecule has 2 N–H and O–H groups in total. The van der Waals surface area contributed by atoms with Crippen LogP contribution in [0.15, 0.2) is 52.4 Å². The van der Waals surface area contributed by atoms with E-state index in [9.17, 15) is 33.0 Å². The largest absolute Gasteiger partial charge is 0.477 e. The van der Waals surface area contributed by atoms with Crippen molar-refractivity contribution in [2.45, 2.75) is 62.6 Å². The van der Waals surface area contributed by atoms with E-state index in [2.05, 4.69) is 4.98 Å². The van der Waals surface area contributed by atoms with Crippen LogP contribution < -0.4 is 0 Å². The molecule has 1 saturated heterocycles. The number of carboxylic acid groups (broad SMARTS) is 1. The Morgan fingerprint density at radius 2 is 1.84 bits per heavy atom. The summed E-state index contributed by atoms with van der Waals surface area (Å²) in [6.07, 6.45) is 5.52. The van der Waals surface area contributed by atoms with E-state index in [1.807, 2.05) is 20.1 Å². The smallest absolute Gasteiger partial charge is 0.352 e. The quantitative estimate of drug-likeness (QED) is 0.155. The summed E-state index contributed by atoms with van der Waals surface area (Å²) >= 11 is 2.76. The van der Waals surface area contributed by atoms with E-state index in [0.717, 1.165) is 9.86 Å². The van der Waals surface area contributed by atoms with Gasteiger partial charge in [-0.1, -0.05) is 20.8 Å². The van der Waals surface area contributed by atoms with Crippen LogP contribution >= 0.6 is 23.1 Å². The molecular weight excluding hydrogens is 641 g/mol. The molecule has 2 aliphatic rings. The highest BCUT2D eigenvalue weighted by atomic mass is 32.2. The molecule has 5 rings (SSSR count). The number of aliphatic carboxylic acids is 1. The van der Waals surface area contributed by atoms with Crippen molar-refractivity contribution in [3.05, 3.63) is 52.9 Å². The maximum atomic E-state index is 13.3. The number of fused-ring (bicyclic) bond motifs is 2. The Labute approximate surface area is 269 Å². The minimum Gasteiger partial charge on any atom is -0.477 e. The summed E-state index contributed by atoms with van der Waals surface area (Å²) in [7, 11) is -3.74. The summed E-state index contributed by atoms with van der Waals surface area (Å²) in [5.74, 6) is -3.44. The van der Waals surface area contributed by atoms with Crippen LogP contribution in [0.25, 0.3) is 10.4 Å². The Morgan fingerprint density at radius 1 is 1.20 bits per heavy atom. The first kappa shape index (κ1) is 33.1. The number of esters is 1. The number of amides is 1. The summed E-state index contributed by atoms with van der Waals surface area (Å²) in [4.78, 5) is 46.2. The fourth-order valence-electron chi connectivity index (χ4n) is 6.31. The van der Waals surface area contributed by atoms with Gasteiger partial charge in [-0.2, -0.15) is 4.31 Å². The number of hydrogen-bond acceptors (Lipinski definition) is 10. The summed E-state index contributed by atoms with van der Waals surface area (Å²) < 4.78 is 35.3. The van der Waals surface area contributed by atoms with Crippen molar-refractivity contribution in [3.8, 4) is 0 Å². The van der Waals surface area contributed by atoms with Crippen LogP contribution in [0.4, 0.5) is 0 Å². The number of thioether (sulfide) groups is 1. The van der Waals surface area contributed by atoms with Gasteiger partial charge < -0.3 is 19.8 Å². The van der Waals surface area contributed by atoms with Crippen LogP contribution in [0.3, 0.4) is 0 Å². The maximum absolute atomic E-state index is 13.3. The molecule has 4 atom stereocenters. The topological polar surface area (TPSA) is 159 Å².